The Balaban J connectivity index is 2.20. The quantitative estimate of drug-likeness (QED) is 0.591. The Labute approximate surface area is 74.9 Å². The van der Waals surface area contributed by atoms with Crippen molar-refractivity contribution in [1.29, 1.82) is 0 Å². The fourth-order valence-corrected chi connectivity index (χ4v) is 1.83. The molecular formula is C10H19NO. The van der Waals surface area contributed by atoms with Crippen LogP contribution < -0.4 is 0 Å². The fraction of sp³-hybridized carbons (Fsp3) is 0.900. The second-order valence-corrected chi connectivity index (χ2v) is 3.69. The monoisotopic (exact) mass is 169 g/mol. The lowest BCUT2D eigenvalue weighted by Gasteiger charge is -2.19. The zero-order chi connectivity index (χ0) is 8.97. The lowest BCUT2D eigenvalue weighted by molar-refractivity contribution is -0.127. The highest BCUT2D eigenvalue weighted by atomic mass is 16.2. The van der Waals surface area contributed by atoms with Crippen molar-refractivity contribution in [3.63, 3.8) is 0 Å². The summed E-state index contributed by atoms with van der Waals surface area (Å²) in [5.41, 5.74) is 0. The normalized spacial score (nSPS) is 23.7. The van der Waals surface area contributed by atoms with E-state index in [1.807, 2.05) is 11.9 Å². The summed E-state index contributed by atoms with van der Waals surface area (Å²) < 4.78 is 0. The number of hydrogen-bond acceptors (Lipinski definition) is 1. The molecule has 1 heterocycles. The smallest absolute Gasteiger partial charge is 0.222 e. The number of rotatable bonds is 4. The van der Waals surface area contributed by atoms with Crippen LogP contribution in [0, 0.1) is 0 Å². The molecule has 2 nitrogen and oxygen atoms in total. The van der Waals surface area contributed by atoms with Crippen LogP contribution in [0.25, 0.3) is 0 Å². The van der Waals surface area contributed by atoms with Gasteiger partial charge in [0.1, 0.15) is 0 Å². The van der Waals surface area contributed by atoms with Gasteiger partial charge in [-0.05, 0) is 12.8 Å². The molecule has 0 saturated carbocycles. The Bertz CT molecular complexity index is 156. The summed E-state index contributed by atoms with van der Waals surface area (Å²) in [7, 11) is 1.94. The standard InChI is InChI=1S/C10H19NO/c1-3-4-5-6-9-7-8-10(12)11(9)2/h9H,3-8H2,1-2H3. The van der Waals surface area contributed by atoms with Crippen LogP contribution in [0.15, 0.2) is 0 Å². The number of carbonyl (C=O) groups is 1. The molecule has 0 aromatic carbocycles. The van der Waals surface area contributed by atoms with Crippen LogP contribution in [0.4, 0.5) is 0 Å². The van der Waals surface area contributed by atoms with E-state index < -0.39 is 0 Å². The van der Waals surface area contributed by atoms with Gasteiger partial charge in [0.15, 0.2) is 0 Å². The first-order valence-electron chi connectivity index (χ1n) is 5.01. The molecule has 70 valence electrons. The number of amides is 1. The first-order valence-corrected chi connectivity index (χ1v) is 5.01. The van der Waals surface area contributed by atoms with Crippen molar-refractivity contribution < 1.29 is 4.79 Å². The first kappa shape index (κ1) is 9.56. The average molecular weight is 169 g/mol. The van der Waals surface area contributed by atoms with E-state index in [9.17, 15) is 4.79 Å². The van der Waals surface area contributed by atoms with Crippen LogP contribution in [-0.4, -0.2) is 23.9 Å². The van der Waals surface area contributed by atoms with E-state index in [0.717, 1.165) is 12.8 Å². The Morgan fingerprint density at radius 3 is 2.75 bits per heavy atom. The van der Waals surface area contributed by atoms with E-state index in [-0.39, 0.29) is 0 Å². The van der Waals surface area contributed by atoms with E-state index in [0.29, 0.717) is 11.9 Å². The molecule has 0 aromatic heterocycles. The first-order chi connectivity index (χ1) is 5.75. The van der Waals surface area contributed by atoms with Gasteiger partial charge in [0.2, 0.25) is 5.91 Å². The second-order valence-electron chi connectivity index (χ2n) is 3.69. The summed E-state index contributed by atoms with van der Waals surface area (Å²) in [5.74, 6) is 0.330. The van der Waals surface area contributed by atoms with Gasteiger partial charge in [0.25, 0.3) is 0 Å². The predicted molar refractivity (Wildman–Crippen MR) is 49.9 cm³/mol. The molecule has 1 amide bonds. The van der Waals surface area contributed by atoms with Gasteiger partial charge in [-0.2, -0.15) is 0 Å². The zero-order valence-corrected chi connectivity index (χ0v) is 8.18. The summed E-state index contributed by atoms with van der Waals surface area (Å²) in [6.07, 6.45) is 6.91. The number of unbranched alkanes of at least 4 members (excludes halogenated alkanes) is 2. The molecule has 0 aromatic rings. The summed E-state index contributed by atoms with van der Waals surface area (Å²) in [5, 5.41) is 0. The summed E-state index contributed by atoms with van der Waals surface area (Å²) in [4.78, 5) is 13.1. The van der Waals surface area contributed by atoms with E-state index in [2.05, 4.69) is 6.92 Å². The van der Waals surface area contributed by atoms with Gasteiger partial charge in [-0.3, -0.25) is 4.79 Å². The van der Waals surface area contributed by atoms with Crippen LogP contribution in [0.2, 0.25) is 0 Å². The molecule has 1 aliphatic rings. The van der Waals surface area contributed by atoms with Gasteiger partial charge in [-0.25, -0.2) is 0 Å². The van der Waals surface area contributed by atoms with Crippen LogP contribution in [0.5, 0.6) is 0 Å². The second kappa shape index (κ2) is 4.48. The van der Waals surface area contributed by atoms with Crippen molar-refractivity contribution in [2.75, 3.05) is 7.05 Å². The van der Waals surface area contributed by atoms with Gasteiger partial charge in [0.05, 0.1) is 0 Å². The van der Waals surface area contributed by atoms with Crippen molar-refractivity contribution in [3.05, 3.63) is 0 Å². The van der Waals surface area contributed by atoms with Crippen LogP contribution in [-0.2, 0) is 4.79 Å². The number of nitrogens with zero attached hydrogens (tertiary/aromatic N) is 1. The summed E-state index contributed by atoms with van der Waals surface area (Å²) in [6, 6.07) is 0.545. The maximum atomic E-state index is 11.1. The van der Waals surface area contributed by atoms with Gasteiger partial charge in [-0.1, -0.05) is 26.2 Å². The Kier molecular flexibility index (Phi) is 3.57. The molecule has 0 radical (unpaired) electrons. The van der Waals surface area contributed by atoms with Gasteiger partial charge >= 0.3 is 0 Å². The molecule has 1 unspecified atom stereocenters. The highest BCUT2D eigenvalue weighted by Gasteiger charge is 2.26. The molecule has 0 spiro atoms. The Morgan fingerprint density at radius 1 is 1.50 bits per heavy atom. The molecular weight excluding hydrogens is 150 g/mol. The van der Waals surface area contributed by atoms with Crippen molar-refractivity contribution >= 4 is 5.91 Å². The van der Waals surface area contributed by atoms with Crippen molar-refractivity contribution in [2.24, 2.45) is 0 Å². The minimum atomic E-state index is 0.330. The minimum absolute atomic E-state index is 0.330. The predicted octanol–water partition coefficient (Wildman–Crippen LogP) is 2.19. The fourth-order valence-electron chi connectivity index (χ4n) is 1.83. The maximum absolute atomic E-state index is 11.1. The summed E-state index contributed by atoms with van der Waals surface area (Å²) >= 11 is 0. The number of carbonyl (C=O) groups excluding carboxylic acids is 1. The average Bonchev–Trinajstić information content (AvgIpc) is 2.36. The molecule has 1 atom stereocenters. The zero-order valence-electron chi connectivity index (χ0n) is 8.18. The summed E-state index contributed by atoms with van der Waals surface area (Å²) in [6.45, 7) is 2.21. The Morgan fingerprint density at radius 2 is 2.25 bits per heavy atom. The van der Waals surface area contributed by atoms with Gasteiger partial charge in [-0.15, -0.1) is 0 Å². The molecule has 1 saturated heterocycles. The highest BCUT2D eigenvalue weighted by molar-refractivity contribution is 5.78. The largest absolute Gasteiger partial charge is 0.343 e. The number of likely N-dealkylation sites (tertiary alicyclic amines) is 1. The van der Waals surface area contributed by atoms with Crippen LogP contribution in [0.1, 0.15) is 45.4 Å². The van der Waals surface area contributed by atoms with Crippen molar-refractivity contribution in [3.8, 4) is 0 Å². The molecule has 0 aliphatic carbocycles. The third kappa shape index (κ3) is 2.23. The third-order valence-electron chi connectivity index (χ3n) is 2.77. The van der Waals surface area contributed by atoms with E-state index in [1.165, 1.54) is 25.7 Å². The molecule has 2 heteroatoms. The number of hydrogen-bond donors (Lipinski definition) is 0. The van der Waals surface area contributed by atoms with Crippen LogP contribution in [0.3, 0.4) is 0 Å². The van der Waals surface area contributed by atoms with E-state index in [1.54, 1.807) is 0 Å². The SMILES string of the molecule is CCCCCC1CCC(=O)N1C. The lowest BCUT2D eigenvalue weighted by Crippen LogP contribution is -2.28. The van der Waals surface area contributed by atoms with Crippen molar-refractivity contribution in [2.45, 2.75) is 51.5 Å². The van der Waals surface area contributed by atoms with Crippen molar-refractivity contribution in [1.82, 2.24) is 4.90 Å². The molecule has 1 fully saturated rings. The molecule has 0 bridgehead atoms. The Hall–Kier alpha value is -0.530. The molecule has 1 aliphatic heterocycles. The minimum Gasteiger partial charge on any atom is -0.343 e. The maximum Gasteiger partial charge on any atom is 0.222 e. The topological polar surface area (TPSA) is 20.3 Å². The van der Waals surface area contributed by atoms with E-state index >= 15 is 0 Å². The molecule has 0 N–H and O–H groups in total. The van der Waals surface area contributed by atoms with Crippen LogP contribution >= 0.6 is 0 Å². The van der Waals surface area contributed by atoms with Gasteiger partial charge < -0.3 is 4.90 Å². The highest BCUT2D eigenvalue weighted by Crippen LogP contribution is 2.21. The molecule has 1 rings (SSSR count). The van der Waals surface area contributed by atoms with E-state index in [4.69, 9.17) is 0 Å². The third-order valence-corrected chi connectivity index (χ3v) is 2.77. The lowest BCUT2D eigenvalue weighted by atomic mass is 10.1. The van der Waals surface area contributed by atoms with Gasteiger partial charge in [0, 0.05) is 19.5 Å². The molecule has 12 heavy (non-hydrogen) atoms.